The Kier molecular flexibility index (Phi) is 7.19. The molecule has 2 amide bonds. The van der Waals surface area contributed by atoms with Gasteiger partial charge in [0.25, 0.3) is 0 Å². The van der Waals surface area contributed by atoms with Crippen LogP contribution in [0.5, 0.6) is 0 Å². The maximum Gasteiger partial charge on any atom is 0.238 e. The number of rotatable bonds is 7. The molecule has 0 bridgehead atoms. The molecule has 1 aromatic rings. The fourth-order valence-electron chi connectivity index (χ4n) is 1.65. The summed E-state index contributed by atoms with van der Waals surface area (Å²) in [7, 11) is 1.73. The Morgan fingerprint density at radius 2 is 1.71 bits per heavy atom. The number of benzene rings is 1. The maximum atomic E-state index is 11.8. The molecule has 0 aliphatic carbocycles. The number of amides is 2. The van der Waals surface area contributed by atoms with Crippen LogP contribution in [-0.2, 0) is 9.59 Å². The second-order valence-electron chi connectivity index (χ2n) is 5.43. The molecule has 0 saturated carbocycles. The second-order valence-corrected chi connectivity index (χ2v) is 5.86. The van der Waals surface area contributed by atoms with Gasteiger partial charge >= 0.3 is 0 Å². The van der Waals surface area contributed by atoms with Crippen molar-refractivity contribution >= 4 is 29.1 Å². The van der Waals surface area contributed by atoms with Crippen LogP contribution in [0.2, 0.25) is 5.02 Å². The molecule has 0 radical (unpaired) electrons. The zero-order valence-corrected chi connectivity index (χ0v) is 13.4. The molecule has 21 heavy (non-hydrogen) atoms. The molecule has 0 aliphatic rings. The number of anilines is 1. The predicted molar refractivity (Wildman–Crippen MR) is 85.4 cm³/mol. The molecular formula is C15H22ClN3O2. The number of hydrogen-bond acceptors (Lipinski definition) is 3. The Morgan fingerprint density at radius 3 is 2.29 bits per heavy atom. The molecule has 0 saturated heterocycles. The van der Waals surface area contributed by atoms with Gasteiger partial charge in [0.15, 0.2) is 0 Å². The summed E-state index contributed by atoms with van der Waals surface area (Å²) in [5.41, 5.74) is 0.682. The van der Waals surface area contributed by atoms with E-state index in [4.69, 9.17) is 11.6 Å². The first-order chi connectivity index (χ1) is 9.86. The zero-order valence-electron chi connectivity index (χ0n) is 12.6. The van der Waals surface area contributed by atoms with Crippen molar-refractivity contribution in [3.63, 3.8) is 0 Å². The van der Waals surface area contributed by atoms with Crippen LogP contribution < -0.4 is 10.6 Å². The number of likely N-dealkylation sites (N-methyl/N-ethyl adjacent to an activating group) is 1. The molecule has 6 heteroatoms. The highest BCUT2D eigenvalue weighted by Crippen LogP contribution is 2.13. The van der Waals surface area contributed by atoms with Crippen LogP contribution in [0.1, 0.15) is 13.8 Å². The second kappa shape index (κ2) is 8.64. The van der Waals surface area contributed by atoms with Gasteiger partial charge in [-0.1, -0.05) is 25.4 Å². The average molecular weight is 312 g/mol. The fraction of sp³-hybridized carbons (Fsp3) is 0.467. The van der Waals surface area contributed by atoms with Crippen molar-refractivity contribution < 1.29 is 9.59 Å². The first-order valence-corrected chi connectivity index (χ1v) is 7.25. The van der Waals surface area contributed by atoms with Gasteiger partial charge in [0, 0.05) is 17.3 Å². The lowest BCUT2D eigenvalue weighted by Crippen LogP contribution is -2.39. The van der Waals surface area contributed by atoms with Gasteiger partial charge in [-0.2, -0.15) is 0 Å². The average Bonchev–Trinajstić information content (AvgIpc) is 2.38. The Balaban J connectivity index is 2.33. The minimum absolute atomic E-state index is 0.0782. The van der Waals surface area contributed by atoms with Crippen LogP contribution in [0.4, 0.5) is 5.69 Å². The van der Waals surface area contributed by atoms with Gasteiger partial charge in [-0.15, -0.1) is 0 Å². The molecule has 5 nitrogen and oxygen atoms in total. The third kappa shape index (κ3) is 7.68. The molecule has 0 aromatic heterocycles. The molecule has 0 heterocycles. The number of hydrogen-bond donors (Lipinski definition) is 2. The summed E-state index contributed by atoms with van der Waals surface area (Å²) in [5.74, 6) is 0.162. The van der Waals surface area contributed by atoms with Gasteiger partial charge < -0.3 is 10.6 Å². The van der Waals surface area contributed by atoms with Crippen LogP contribution in [0.25, 0.3) is 0 Å². The molecule has 0 fully saturated rings. The summed E-state index contributed by atoms with van der Waals surface area (Å²) in [6, 6.07) is 6.88. The standard InChI is InChI=1S/C15H22ClN3O2/c1-11(2)8-17-14(20)9-19(3)10-15(21)18-13-6-4-12(16)5-7-13/h4-7,11H,8-10H2,1-3H3,(H,17,20)(H,18,21). The molecule has 116 valence electrons. The van der Waals surface area contributed by atoms with Crippen LogP contribution in [0.15, 0.2) is 24.3 Å². The minimum Gasteiger partial charge on any atom is -0.355 e. The minimum atomic E-state index is -0.170. The summed E-state index contributed by atoms with van der Waals surface area (Å²) in [4.78, 5) is 25.1. The Labute approximate surface area is 130 Å². The summed E-state index contributed by atoms with van der Waals surface area (Å²) < 4.78 is 0. The highest BCUT2D eigenvalue weighted by atomic mass is 35.5. The SMILES string of the molecule is CC(C)CNC(=O)CN(C)CC(=O)Nc1ccc(Cl)cc1. The molecule has 0 unspecified atom stereocenters. The van der Waals surface area contributed by atoms with E-state index < -0.39 is 0 Å². The van der Waals surface area contributed by atoms with E-state index in [-0.39, 0.29) is 24.9 Å². The third-order valence-corrected chi connectivity index (χ3v) is 2.91. The van der Waals surface area contributed by atoms with E-state index in [9.17, 15) is 9.59 Å². The number of carbonyl (C=O) groups excluding carboxylic acids is 2. The normalized spacial score (nSPS) is 10.8. The van der Waals surface area contributed by atoms with Crippen molar-refractivity contribution in [1.29, 1.82) is 0 Å². The van der Waals surface area contributed by atoms with Crippen molar-refractivity contribution in [2.45, 2.75) is 13.8 Å². The van der Waals surface area contributed by atoms with Gasteiger partial charge in [-0.3, -0.25) is 14.5 Å². The van der Waals surface area contributed by atoms with E-state index in [1.807, 2.05) is 13.8 Å². The van der Waals surface area contributed by atoms with Crippen molar-refractivity contribution in [1.82, 2.24) is 10.2 Å². The Morgan fingerprint density at radius 1 is 1.14 bits per heavy atom. The van der Waals surface area contributed by atoms with Gasteiger partial charge in [0.1, 0.15) is 0 Å². The van der Waals surface area contributed by atoms with Crippen LogP contribution >= 0.6 is 11.6 Å². The lowest BCUT2D eigenvalue weighted by molar-refractivity contribution is -0.123. The number of nitrogens with zero attached hydrogens (tertiary/aromatic N) is 1. The largest absolute Gasteiger partial charge is 0.355 e. The van der Waals surface area contributed by atoms with E-state index in [2.05, 4.69) is 10.6 Å². The fourth-order valence-corrected chi connectivity index (χ4v) is 1.78. The summed E-state index contributed by atoms with van der Waals surface area (Å²) in [5, 5.41) is 6.19. The van der Waals surface area contributed by atoms with Gasteiger partial charge in [0.05, 0.1) is 13.1 Å². The van der Waals surface area contributed by atoms with E-state index in [0.717, 1.165) is 0 Å². The maximum absolute atomic E-state index is 11.8. The monoisotopic (exact) mass is 311 g/mol. The topological polar surface area (TPSA) is 61.4 Å². The van der Waals surface area contributed by atoms with Gasteiger partial charge in [-0.25, -0.2) is 0 Å². The smallest absolute Gasteiger partial charge is 0.238 e. The van der Waals surface area contributed by atoms with E-state index in [1.54, 1.807) is 36.2 Å². The molecule has 1 aromatic carbocycles. The van der Waals surface area contributed by atoms with Crippen molar-refractivity contribution in [3.8, 4) is 0 Å². The highest BCUT2D eigenvalue weighted by molar-refractivity contribution is 6.30. The Hall–Kier alpha value is -1.59. The third-order valence-electron chi connectivity index (χ3n) is 2.66. The highest BCUT2D eigenvalue weighted by Gasteiger charge is 2.11. The van der Waals surface area contributed by atoms with Crippen molar-refractivity contribution in [2.75, 3.05) is 32.0 Å². The molecule has 0 aliphatic heterocycles. The first-order valence-electron chi connectivity index (χ1n) is 6.87. The summed E-state index contributed by atoms with van der Waals surface area (Å²) in [6.45, 7) is 5.05. The number of nitrogens with one attached hydrogen (secondary N) is 2. The first kappa shape index (κ1) is 17.5. The summed E-state index contributed by atoms with van der Waals surface area (Å²) in [6.07, 6.45) is 0. The molecule has 2 N–H and O–H groups in total. The van der Waals surface area contributed by atoms with Gasteiger partial charge in [0.2, 0.25) is 11.8 Å². The van der Waals surface area contributed by atoms with Crippen molar-refractivity contribution in [2.24, 2.45) is 5.92 Å². The number of halogens is 1. The lowest BCUT2D eigenvalue weighted by atomic mass is 10.2. The predicted octanol–water partition coefficient (Wildman–Crippen LogP) is 1.98. The van der Waals surface area contributed by atoms with E-state index >= 15 is 0 Å². The van der Waals surface area contributed by atoms with E-state index in [0.29, 0.717) is 23.2 Å². The van der Waals surface area contributed by atoms with Gasteiger partial charge in [-0.05, 0) is 37.2 Å². The lowest BCUT2D eigenvalue weighted by Gasteiger charge is -2.16. The molecule has 0 spiro atoms. The zero-order chi connectivity index (χ0) is 15.8. The molecule has 1 rings (SSSR count). The Bertz CT molecular complexity index is 474. The summed E-state index contributed by atoms with van der Waals surface area (Å²) >= 11 is 5.78. The van der Waals surface area contributed by atoms with Crippen LogP contribution in [0.3, 0.4) is 0 Å². The van der Waals surface area contributed by atoms with Crippen molar-refractivity contribution in [3.05, 3.63) is 29.3 Å². The molecule has 0 atom stereocenters. The van der Waals surface area contributed by atoms with Crippen LogP contribution in [0, 0.1) is 5.92 Å². The van der Waals surface area contributed by atoms with Crippen LogP contribution in [-0.4, -0.2) is 43.4 Å². The number of carbonyl (C=O) groups is 2. The van der Waals surface area contributed by atoms with E-state index in [1.165, 1.54) is 0 Å². The molecular weight excluding hydrogens is 290 g/mol. The quantitative estimate of drug-likeness (QED) is 0.809.